The second-order valence-corrected chi connectivity index (χ2v) is 3.37. The number of carbonyl (C=O) groups is 1. The summed E-state index contributed by atoms with van der Waals surface area (Å²) in [5.74, 6) is -0.136. The summed E-state index contributed by atoms with van der Waals surface area (Å²) in [5, 5.41) is 2.76. The first-order valence-electron chi connectivity index (χ1n) is 4.87. The molecule has 2 aromatic rings. The Morgan fingerprint density at radius 2 is 2.12 bits per heavy atom. The topological polar surface area (TPSA) is 83.8 Å². The lowest BCUT2D eigenvalue weighted by atomic mass is 10.2. The lowest BCUT2D eigenvalue weighted by Crippen LogP contribution is -2.22. The summed E-state index contributed by atoms with van der Waals surface area (Å²) in [6.07, 6.45) is 3.31. The Kier molecular flexibility index (Phi) is 2.86. The van der Waals surface area contributed by atoms with Crippen LogP contribution in [0.25, 0.3) is 0 Å². The first-order valence-corrected chi connectivity index (χ1v) is 4.87. The summed E-state index contributed by atoms with van der Waals surface area (Å²) in [6.45, 7) is 0.409. The van der Waals surface area contributed by atoms with Crippen LogP contribution in [0.4, 0.5) is 5.69 Å². The second-order valence-electron chi connectivity index (χ2n) is 3.37. The molecule has 16 heavy (non-hydrogen) atoms. The quantitative estimate of drug-likeness (QED) is 0.667. The molecule has 0 atom stereocenters. The van der Waals surface area contributed by atoms with Crippen molar-refractivity contribution < 1.29 is 4.79 Å². The van der Waals surface area contributed by atoms with E-state index in [1.165, 1.54) is 0 Å². The molecule has 1 amide bonds. The highest BCUT2D eigenvalue weighted by Gasteiger charge is 2.04. The summed E-state index contributed by atoms with van der Waals surface area (Å²) in [4.78, 5) is 18.5. The number of carbonyl (C=O) groups excluding carboxylic acids is 1. The van der Waals surface area contributed by atoms with Gasteiger partial charge in [-0.2, -0.15) is 0 Å². The van der Waals surface area contributed by atoms with Crippen LogP contribution in [0.3, 0.4) is 0 Å². The highest BCUT2D eigenvalue weighted by molar-refractivity contribution is 5.94. The third-order valence-electron chi connectivity index (χ3n) is 2.16. The Balaban J connectivity index is 1.95. The van der Waals surface area contributed by atoms with Crippen LogP contribution in [0.5, 0.6) is 0 Å². The molecular weight excluding hydrogens is 204 g/mol. The molecule has 0 radical (unpaired) electrons. The molecule has 1 aromatic carbocycles. The van der Waals surface area contributed by atoms with Gasteiger partial charge in [-0.25, -0.2) is 4.98 Å². The maximum Gasteiger partial charge on any atom is 0.251 e. The van der Waals surface area contributed by atoms with E-state index in [9.17, 15) is 4.79 Å². The van der Waals surface area contributed by atoms with E-state index in [1.807, 2.05) is 0 Å². The Hall–Kier alpha value is -2.30. The number of anilines is 1. The zero-order valence-corrected chi connectivity index (χ0v) is 8.60. The molecule has 0 aliphatic heterocycles. The van der Waals surface area contributed by atoms with Gasteiger partial charge in [0.2, 0.25) is 0 Å². The van der Waals surface area contributed by atoms with Gasteiger partial charge in [0.05, 0.1) is 18.6 Å². The van der Waals surface area contributed by atoms with Crippen molar-refractivity contribution in [3.05, 3.63) is 48.0 Å². The first-order chi connectivity index (χ1) is 7.75. The number of hydrogen-bond acceptors (Lipinski definition) is 3. The summed E-state index contributed by atoms with van der Waals surface area (Å²) in [5.41, 5.74) is 7.56. The smallest absolute Gasteiger partial charge is 0.251 e. The molecule has 0 bridgehead atoms. The molecule has 5 heteroatoms. The lowest BCUT2D eigenvalue weighted by Gasteiger charge is -2.03. The second kappa shape index (κ2) is 4.48. The lowest BCUT2D eigenvalue weighted by molar-refractivity contribution is 0.0950. The number of nitrogen functional groups attached to an aromatic ring is 1. The number of hydrogen-bond donors (Lipinski definition) is 3. The van der Waals surface area contributed by atoms with Gasteiger partial charge in [0.15, 0.2) is 0 Å². The normalized spacial score (nSPS) is 10.0. The minimum Gasteiger partial charge on any atom is -0.399 e. The van der Waals surface area contributed by atoms with Gasteiger partial charge in [0.1, 0.15) is 0 Å². The monoisotopic (exact) mass is 216 g/mol. The van der Waals surface area contributed by atoms with Gasteiger partial charge in [-0.05, 0) is 24.3 Å². The van der Waals surface area contributed by atoms with Crippen molar-refractivity contribution in [2.45, 2.75) is 6.54 Å². The maximum atomic E-state index is 11.7. The largest absolute Gasteiger partial charge is 0.399 e. The molecule has 82 valence electrons. The third kappa shape index (κ3) is 2.38. The number of H-pyrrole nitrogens is 1. The predicted molar refractivity (Wildman–Crippen MR) is 60.6 cm³/mol. The van der Waals surface area contributed by atoms with Crippen molar-refractivity contribution in [3.63, 3.8) is 0 Å². The predicted octanol–water partition coefficient (Wildman–Crippen LogP) is 0.922. The SMILES string of the molecule is Nc1ccc(C(=O)NCc2c[nH]cn2)cc1. The highest BCUT2D eigenvalue weighted by Crippen LogP contribution is 2.05. The number of aromatic amines is 1. The van der Waals surface area contributed by atoms with Gasteiger partial charge >= 0.3 is 0 Å². The maximum absolute atomic E-state index is 11.7. The van der Waals surface area contributed by atoms with Crippen LogP contribution >= 0.6 is 0 Å². The number of rotatable bonds is 3. The highest BCUT2D eigenvalue weighted by atomic mass is 16.1. The molecule has 1 heterocycles. The van der Waals surface area contributed by atoms with E-state index in [0.717, 1.165) is 5.69 Å². The fourth-order valence-electron chi connectivity index (χ4n) is 1.29. The summed E-state index contributed by atoms with van der Waals surface area (Å²) in [6, 6.07) is 6.78. The average Bonchev–Trinajstić information content (AvgIpc) is 2.80. The molecule has 0 unspecified atom stereocenters. The van der Waals surface area contributed by atoms with Gasteiger partial charge in [-0.15, -0.1) is 0 Å². The van der Waals surface area contributed by atoms with Gasteiger partial charge < -0.3 is 16.0 Å². The van der Waals surface area contributed by atoms with Gasteiger partial charge in [-0.3, -0.25) is 4.79 Å². The van der Waals surface area contributed by atoms with E-state index >= 15 is 0 Å². The van der Waals surface area contributed by atoms with Crippen LogP contribution in [-0.4, -0.2) is 15.9 Å². The van der Waals surface area contributed by atoms with Crippen molar-refractivity contribution in [1.82, 2.24) is 15.3 Å². The number of nitrogens with two attached hydrogens (primary N) is 1. The van der Waals surface area contributed by atoms with E-state index in [4.69, 9.17) is 5.73 Å². The molecule has 1 aromatic heterocycles. The number of amides is 1. The molecule has 0 aliphatic rings. The zero-order valence-electron chi connectivity index (χ0n) is 8.60. The summed E-state index contributed by atoms with van der Waals surface area (Å²) in [7, 11) is 0. The molecule has 4 N–H and O–H groups in total. The Morgan fingerprint density at radius 1 is 1.38 bits per heavy atom. The third-order valence-corrected chi connectivity index (χ3v) is 2.16. The van der Waals surface area contributed by atoms with Crippen LogP contribution < -0.4 is 11.1 Å². The summed E-state index contributed by atoms with van der Waals surface area (Å²) >= 11 is 0. The average molecular weight is 216 g/mol. The van der Waals surface area contributed by atoms with Crippen LogP contribution in [0, 0.1) is 0 Å². The summed E-state index contributed by atoms with van der Waals surface area (Å²) < 4.78 is 0. The fourth-order valence-corrected chi connectivity index (χ4v) is 1.29. The minimum absolute atomic E-state index is 0.136. The number of aromatic nitrogens is 2. The van der Waals surface area contributed by atoms with Crippen LogP contribution in [0.15, 0.2) is 36.8 Å². The van der Waals surface area contributed by atoms with E-state index in [2.05, 4.69) is 15.3 Å². The van der Waals surface area contributed by atoms with E-state index in [0.29, 0.717) is 17.8 Å². The van der Waals surface area contributed by atoms with E-state index < -0.39 is 0 Å². The van der Waals surface area contributed by atoms with E-state index in [1.54, 1.807) is 36.8 Å². The zero-order chi connectivity index (χ0) is 11.4. The molecule has 5 nitrogen and oxygen atoms in total. The molecule has 0 spiro atoms. The Bertz CT molecular complexity index is 461. The van der Waals surface area contributed by atoms with Crippen LogP contribution in [-0.2, 0) is 6.54 Å². The molecule has 0 fully saturated rings. The molecular formula is C11H12N4O. The Morgan fingerprint density at radius 3 is 2.75 bits per heavy atom. The van der Waals surface area contributed by atoms with Crippen LogP contribution in [0.1, 0.15) is 16.1 Å². The van der Waals surface area contributed by atoms with E-state index in [-0.39, 0.29) is 5.91 Å². The number of nitrogens with zero attached hydrogens (tertiary/aromatic N) is 1. The number of benzene rings is 1. The molecule has 0 saturated heterocycles. The number of nitrogens with one attached hydrogen (secondary N) is 2. The molecule has 0 saturated carbocycles. The van der Waals surface area contributed by atoms with Crippen molar-refractivity contribution in [1.29, 1.82) is 0 Å². The first kappa shape index (κ1) is 10.2. The van der Waals surface area contributed by atoms with Crippen molar-refractivity contribution in [2.75, 3.05) is 5.73 Å². The van der Waals surface area contributed by atoms with Crippen molar-refractivity contribution >= 4 is 11.6 Å². The van der Waals surface area contributed by atoms with Crippen LogP contribution in [0.2, 0.25) is 0 Å². The molecule has 0 aliphatic carbocycles. The van der Waals surface area contributed by atoms with Crippen molar-refractivity contribution in [2.24, 2.45) is 0 Å². The van der Waals surface area contributed by atoms with Gasteiger partial charge in [0.25, 0.3) is 5.91 Å². The van der Waals surface area contributed by atoms with Crippen molar-refractivity contribution in [3.8, 4) is 0 Å². The fraction of sp³-hybridized carbons (Fsp3) is 0.0909. The number of imidazole rings is 1. The Labute approximate surface area is 92.7 Å². The standard InChI is InChI=1S/C11H12N4O/c12-9-3-1-8(2-4-9)11(16)14-6-10-5-13-7-15-10/h1-5,7H,6,12H2,(H,13,15)(H,14,16). The molecule has 2 rings (SSSR count). The minimum atomic E-state index is -0.136. The van der Waals surface area contributed by atoms with Gasteiger partial charge in [0, 0.05) is 17.4 Å². The van der Waals surface area contributed by atoms with Gasteiger partial charge in [-0.1, -0.05) is 0 Å².